The maximum Gasteiger partial charge on any atom is 0.261 e. The fourth-order valence-corrected chi connectivity index (χ4v) is 5.57. The Kier molecular flexibility index (Phi) is 4.82. The van der Waals surface area contributed by atoms with E-state index < -0.39 is 10.0 Å². The second-order valence-electron chi connectivity index (χ2n) is 6.86. The third-order valence-electron chi connectivity index (χ3n) is 5.01. The molecule has 2 aromatic rings. The van der Waals surface area contributed by atoms with E-state index >= 15 is 0 Å². The highest BCUT2D eigenvalue weighted by atomic mass is 32.2. The zero-order chi connectivity index (χ0) is 19.0. The smallest absolute Gasteiger partial charge is 0.261 e. The summed E-state index contributed by atoms with van der Waals surface area (Å²) in [5.41, 5.74) is 3.43. The van der Waals surface area contributed by atoms with Gasteiger partial charge >= 0.3 is 0 Å². The summed E-state index contributed by atoms with van der Waals surface area (Å²) in [4.78, 5) is 3.38. The van der Waals surface area contributed by atoms with Crippen molar-refractivity contribution in [2.75, 3.05) is 34.1 Å². The third kappa shape index (κ3) is 3.53. The fourth-order valence-electron chi connectivity index (χ4n) is 3.62. The van der Waals surface area contributed by atoms with Crippen LogP contribution in [0, 0.1) is 0 Å². The Morgan fingerprint density at radius 3 is 2.56 bits per heavy atom. The second-order valence-corrected chi connectivity index (χ2v) is 9.77. The lowest BCUT2D eigenvalue weighted by atomic mass is 10.1. The van der Waals surface area contributed by atoms with E-state index in [1.807, 2.05) is 41.7 Å². The summed E-state index contributed by atoms with van der Waals surface area (Å²) >= 11 is 1.51. The molecule has 0 spiro atoms. The SMILES string of the molecule is C=C1SN(C)c2ccc(S(=O)(=O)Nc3ccccc3N3CCCCC3)cc21. The Balaban J connectivity index is 1.65. The lowest BCUT2D eigenvalue weighted by Crippen LogP contribution is -2.30. The van der Waals surface area contributed by atoms with Crippen molar-refractivity contribution in [3.05, 3.63) is 54.6 Å². The first kappa shape index (κ1) is 18.3. The van der Waals surface area contributed by atoms with Gasteiger partial charge in [0.2, 0.25) is 0 Å². The molecule has 0 atom stereocenters. The van der Waals surface area contributed by atoms with E-state index in [1.54, 1.807) is 12.1 Å². The molecule has 0 unspecified atom stereocenters. The van der Waals surface area contributed by atoms with Crippen LogP contribution in [0.5, 0.6) is 0 Å². The molecule has 0 saturated carbocycles. The number of nitrogens with zero attached hydrogens (tertiary/aromatic N) is 2. The number of hydrogen-bond donors (Lipinski definition) is 1. The van der Waals surface area contributed by atoms with E-state index in [0.717, 1.165) is 47.8 Å². The summed E-state index contributed by atoms with van der Waals surface area (Å²) in [6.45, 7) is 5.95. The van der Waals surface area contributed by atoms with Gasteiger partial charge in [0.25, 0.3) is 10.0 Å². The Hall–Kier alpha value is -2.12. The molecule has 1 saturated heterocycles. The van der Waals surface area contributed by atoms with E-state index in [0.29, 0.717) is 5.69 Å². The predicted octanol–water partition coefficient (Wildman–Crippen LogP) is 4.55. The molecule has 0 aliphatic carbocycles. The number of sulfonamides is 1. The van der Waals surface area contributed by atoms with Crippen molar-refractivity contribution in [1.82, 2.24) is 0 Å². The van der Waals surface area contributed by atoms with Gasteiger partial charge in [-0.25, -0.2) is 8.42 Å². The molecule has 142 valence electrons. The molecule has 2 aliphatic rings. The molecular weight excluding hydrogens is 378 g/mol. The first-order chi connectivity index (χ1) is 13.0. The average Bonchev–Trinajstić information content (AvgIpc) is 2.96. The minimum atomic E-state index is -3.68. The van der Waals surface area contributed by atoms with Gasteiger partial charge in [-0.1, -0.05) is 18.7 Å². The van der Waals surface area contributed by atoms with Gasteiger partial charge in [0, 0.05) is 30.6 Å². The number of nitrogens with one attached hydrogen (secondary N) is 1. The zero-order valence-electron chi connectivity index (χ0n) is 15.3. The van der Waals surface area contributed by atoms with E-state index in [9.17, 15) is 8.42 Å². The minimum absolute atomic E-state index is 0.256. The van der Waals surface area contributed by atoms with Gasteiger partial charge in [-0.05, 0) is 61.5 Å². The number of benzene rings is 2. The Labute approximate surface area is 165 Å². The summed E-state index contributed by atoms with van der Waals surface area (Å²) in [6.07, 6.45) is 3.51. The number of piperidine rings is 1. The highest BCUT2D eigenvalue weighted by Crippen LogP contribution is 2.45. The maximum atomic E-state index is 13.0. The first-order valence-corrected chi connectivity index (χ1v) is 11.3. The highest BCUT2D eigenvalue weighted by Gasteiger charge is 2.25. The second kappa shape index (κ2) is 7.13. The van der Waals surface area contributed by atoms with Crippen LogP contribution < -0.4 is 13.9 Å². The van der Waals surface area contributed by atoms with Crippen molar-refractivity contribution in [3.63, 3.8) is 0 Å². The highest BCUT2D eigenvalue weighted by molar-refractivity contribution is 8.10. The van der Waals surface area contributed by atoms with Crippen molar-refractivity contribution in [3.8, 4) is 0 Å². The van der Waals surface area contributed by atoms with Gasteiger partial charge < -0.3 is 9.21 Å². The molecule has 0 aromatic heterocycles. The molecule has 7 heteroatoms. The molecule has 2 heterocycles. The quantitative estimate of drug-likeness (QED) is 0.762. The molecule has 2 aliphatic heterocycles. The Bertz CT molecular complexity index is 982. The summed E-state index contributed by atoms with van der Waals surface area (Å²) in [6, 6.07) is 12.8. The predicted molar refractivity (Wildman–Crippen MR) is 115 cm³/mol. The van der Waals surface area contributed by atoms with Crippen molar-refractivity contribution in [2.24, 2.45) is 0 Å². The Morgan fingerprint density at radius 2 is 1.78 bits per heavy atom. The van der Waals surface area contributed by atoms with Crippen molar-refractivity contribution in [2.45, 2.75) is 24.2 Å². The molecule has 27 heavy (non-hydrogen) atoms. The van der Waals surface area contributed by atoms with Crippen LogP contribution in [0.1, 0.15) is 24.8 Å². The maximum absolute atomic E-state index is 13.0. The molecule has 0 amide bonds. The summed E-state index contributed by atoms with van der Waals surface area (Å²) in [5, 5.41) is 0. The first-order valence-electron chi connectivity index (χ1n) is 9.07. The van der Waals surface area contributed by atoms with Crippen molar-refractivity contribution in [1.29, 1.82) is 0 Å². The van der Waals surface area contributed by atoms with Crippen molar-refractivity contribution >= 4 is 43.9 Å². The average molecular weight is 402 g/mol. The van der Waals surface area contributed by atoms with Gasteiger partial charge in [0.1, 0.15) is 0 Å². The minimum Gasteiger partial charge on any atom is -0.370 e. The van der Waals surface area contributed by atoms with E-state index in [4.69, 9.17) is 0 Å². The summed E-state index contributed by atoms with van der Waals surface area (Å²) < 4.78 is 30.9. The Morgan fingerprint density at radius 1 is 1.04 bits per heavy atom. The number of para-hydroxylation sites is 2. The number of fused-ring (bicyclic) bond motifs is 1. The van der Waals surface area contributed by atoms with Gasteiger partial charge in [-0.3, -0.25) is 4.72 Å². The molecular formula is C20H23N3O2S2. The largest absolute Gasteiger partial charge is 0.370 e. The number of rotatable bonds is 4. The van der Waals surface area contributed by atoms with E-state index in [2.05, 4.69) is 16.2 Å². The molecule has 0 radical (unpaired) electrons. The van der Waals surface area contributed by atoms with Crippen molar-refractivity contribution < 1.29 is 8.42 Å². The summed E-state index contributed by atoms with van der Waals surface area (Å²) in [7, 11) is -1.74. The lowest BCUT2D eigenvalue weighted by Gasteiger charge is -2.30. The molecule has 2 aromatic carbocycles. The monoisotopic (exact) mass is 401 g/mol. The molecule has 5 nitrogen and oxygen atoms in total. The van der Waals surface area contributed by atoms with Crippen LogP contribution in [0.15, 0.2) is 53.9 Å². The molecule has 1 N–H and O–H groups in total. The topological polar surface area (TPSA) is 52.7 Å². The number of hydrogen-bond acceptors (Lipinski definition) is 5. The van der Waals surface area contributed by atoms with Gasteiger partial charge in [-0.2, -0.15) is 0 Å². The normalized spacial score (nSPS) is 17.1. The third-order valence-corrected chi connectivity index (χ3v) is 7.28. The van der Waals surface area contributed by atoms with E-state index in [-0.39, 0.29) is 4.90 Å². The molecule has 4 rings (SSSR count). The van der Waals surface area contributed by atoms with Gasteiger partial charge in [0.15, 0.2) is 0 Å². The van der Waals surface area contributed by atoms with Crippen LogP contribution in [0.3, 0.4) is 0 Å². The molecule has 1 fully saturated rings. The zero-order valence-corrected chi connectivity index (χ0v) is 16.9. The van der Waals surface area contributed by atoms with Crippen LogP contribution >= 0.6 is 11.9 Å². The molecule has 0 bridgehead atoms. The van der Waals surface area contributed by atoms with Gasteiger partial charge in [0.05, 0.1) is 22.0 Å². The van der Waals surface area contributed by atoms with Crippen LogP contribution in [0.2, 0.25) is 0 Å². The van der Waals surface area contributed by atoms with Crippen LogP contribution in [-0.2, 0) is 10.0 Å². The van der Waals surface area contributed by atoms with E-state index in [1.165, 1.54) is 18.4 Å². The standard InChI is InChI=1S/C20H23N3O2S2/c1-15-17-14-16(10-11-19(17)22(2)26-15)27(24,25)21-18-8-4-5-9-20(18)23-12-6-3-7-13-23/h4-5,8-11,14,21H,1,3,6-7,12-13H2,2H3. The van der Waals surface area contributed by atoms with Crippen LogP contribution in [-0.4, -0.2) is 28.6 Å². The van der Waals surface area contributed by atoms with Crippen LogP contribution in [0.4, 0.5) is 17.1 Å². The summed E-state index contributed by atoms with van der Waals surface area (Å²) in [5.74, 6) is 0. The fraction of sp³-hybridized carbons (Fsp3) is 0.300. The number of anilines is 3. The lowest BCUT2D eigenvalue weighted by molar-refractivity contribution is 0.578. The van der Waals surface area contributed by atoms with Gasteiger partial charge in [-0.15, -0.1) is 0 Å². The van der Waals surface area contributed by atoms with Crippen LogP contribution in [0.25, 0.3) is 4.91 Å².